The van der Waals surface area contributed by atoms with Crippen LogP contribution in [0, 0.1) is 6.92 Å². The van der Waals surface area contributed by atoms with E-state index in [0.717, 1.165) is 20.8 Å². The van der Waals surface area contributed by atoms with Crippen LogP contribution in [0.1, 0.15) is 40.4 Å². The second kappa shape index (κ2) is 12.7. The Balaban J connectivity index is 1.79. The van der Waals surface area contributed by atoms with Crippen LogP contribution in [0.15, 0.2) is 65.7 Å². The number of amides is 2. The van der Waals surface area contributed by atoms with Gasteiger partial charge in [-0.3, -0.25) is 14.4 Å². The summed E-state index contributed by atoms with van der Waals surface area (Å²) in [7, 11) is -4.41. The van der Waals surface area contributed by atoms with Crippen molar-refractivity contribution in [3.63, 3.8) is 0 Å². The number of carboxylic acid groups (broad SMARTS) is 1. The lowest BCUT2D eigenvalue weighted by Gasteiger charge is -2.42. The highest BCUT2D eigenvalue weighted by molar-refractivity contribution is 7.89. The number of aromatic nitrogens is 1. The SMILES string of the molecule is Cc1cccc(C(CC(=O)O)NC(=O)C2N(C(=O)c3cccnc3Cl)CCCN2S(=O)(=O)c2ccc(Cl)c(Cl)c2)c1. The summed E-state index contributed by atoms with van der Waals surface area (Å²) in [5.41, 5.74) is 1.31. The van der Waals surface area contributed by atoms with E-state index in [2.05, 4.69) is 10.3 Å². The lowest BCUT2D eigenvalue weighted by atomic mass is 10.0. The first kappa shape index (κ1) is 30.7. The molecule has 1 aliphatic heterocycles. The van der Waals surface area contributed by atoms with Gasteiger partial charge < -0.3 is 15.3 Å². The summed E-state index contributed by atoms with van der Waals surface area (Å²) in [6.45, 7) is 1.72. The fourth-order valence-electron chi connectivity index (χ4n) is 4.57. The van der Waals surface area contributed by atoms with Crippen LogP contribution in [0.4, 0.5) is 0 Å². The summed E-state index contributed by atoms with van der Waals surface area (Å²) < 4.78 is 28.7. The Morgan fingerprint density at radius 2 is 1.80 bits per heavy atom. The molecule has 2 unspecified atom stereocenters. The average Bonchev–Trinajstić information content (AvgIpc) is 2.93. The number of carboxylic acids is 1. The van der Waals surface area contributed by atoms with E-state index in [-0.39, 0.29) is 45.2 Å². The summed E-state index contributed by atoms with van der Waals surface area (Å²) in [6, 6.07) is 12.5. The predicted octanol–water partition coefficient (Wildman–Crippen LogP) is 4.55. The van der Waals surface area contributed by atoms with E-state index in [0.29, 0.717) is 5.56 Å². The molecule has 0 saturated carbocycles. The zero-order valence-corrected chi connectivity index (χ0v) is 24.7. The normalized spacial score (nSPS) is 16.7. The second-order valence-corrected chi connectivity index (χ2v) is 12.4. The molecule has 0 radical (unpaired) electrons. The molecule has 2 aromatic carbocycles. The zero-order chi connectivity index (χ0) is 29.9. The molecular formula is C27H25Cl3N4O6S. The molecule has 2 heterocycles. The number of halogens is 3. The molecule has 2 amide bonds. The van der Waals surface area contributed by atoms with Gasteiger partial charge in [0.15, 0.2) is 6.17 Å². The molecule has 14 heteroatoms. The summed E-state index contributed by atoms with van der Waals surface area (Å²) in [5, 5.41) is 12.2. The third-order valence-corrected chi connectivity index (χ3v) is 9.36. The van der Waals surface area contributed by atoms with Crippen molar-refractivity contribution in [1.29, 1.82) is 0 Å². The van der Waals surface area contributed by atoms with Crippen molar-refractivity contribution in [3.8, 4) is 0 Å². The van der Waals surface area contributed by atoms with Crippen molar-refractivity contribution in [1.82, 2.24) is 19.5 Å². The van der Waals surface area contributed by atoms with Crippen molar-refractivity contribution < 1.29 is 27.9 Å². The quantitative estimate of drug-likeness (QED) is 0.345. The molecular weight excluding hydrogens is 615 g/mol. The van der Waals surface area contributed by atoms with E-state index in [1.54, 1.807) is 18.2 Å². The standard InChI is InChI=1S/C27H25Cl3N4O6S/c1-16-5-2-6-17(13-16)22(15-23(35)36)32-25(37)26-33(27(38)19-7-3-10-31-24(19)30)11-4-12-34(26)41(39,40)18-8-9-20(28)21(29)14-18/h2-3,5-10,13-14,22,26H,4,11-12,15H2,1H3,(H,32,37)(H,35,36). The van der Waals surface area contributed by atoms with Crippen LogP contribution in [-0.2, 0) is 19.6 Å². The molecule has 1 saturated heterocycles. The Kier molecular flexibility index (Phi) is 9.55. The minimum absolute atomic E-state index is 0.0122. The third-order valence-electron chi connectivity index (χ3n) is 6.47. The molecule has 2 atom stereocenters. The number of aliphatic carboxylic acids is 1. The van der Waals surface area contributed by atoms with Crippen molar-refractivity contribution in [2.75, 3.05) is 13.1 Å². The predicted molar refractivity (Wildman–Crippen MR) is 153 cm³/mol. The number of sulfonamides is 1. The molecule has 0 bridgehead atoms. The molecule has 3 aromatic rings. The monoisotopic (exact) mass is 638 g/mol. The van der Waals surface area contributed by atoms with Gasteiger partial charge in [0.2, 0.25) is 10.0 Å². The van der Waals surface area contributed by atoms with E-state index in [1.165, 1.54) is 30.5 Å². The summed E-state index contributed by atoms with van der Waals surface area (Å²) >= 11 is 18.3. The number of carbonyl (C=O) groups excluding carboxylic acids is 2. The number of carbonyl (C=O) groups is 3. The van der Waals surface area contributed by atoms with E-state index >= 15 is 0 Å². The van der Waals surface area contributed by atoms with Gasteiger partial charge in [-0.25, -0.2) is 13.4 Å². The molecule has 4 rings (SSSR count). The maximum absolute atomic E-state index is 14.0. The van der Waals surface area contributed by atoms with Gasteiger partial charge in [-0.15, -0.1) is 0 Å². The Morgan fingerprint density at radius 1 is 1.05 bits per heavy atom. The van der Waals surface area contributed by atoms with E-state index < -0.39 is 46.4 Å². The minimum atomic E-state index is -4.41. The first-order chi connectivity index (χ1) is 19.4. The van der Waals surface area contributed by atoms with Crippen LogP contribution in [0.5, 0.6) is 0 Å². The molecule has 1 fully saturated rings. The van der Waals surface area contributed by atoms with Gasteiger partial charge in [-0.1, -0.05) is 64.6 Å². The third kappa shape index (κ3) is 6.82. The molecule has 216 valence electrons. The number of hydrogen-bond donors (Lipinski definition) is 2. The number of aryl methyl sites for hydroxylation is 1. The van der Waals surface area contributed by atoms with Gasteiger partial charge >= 0.3 is 5.97 Å². The summed E-state index contributed by atoms with van der Waals surface area (Å²) in [6.07, 6.45) is -0.583. The van der Waals surface area contributed by atoms with Crippen molar-refractivity contribution >= 4 is 62.6 Å². The highest BCUT2D eigenvalue weighted by Crippen LogP contribution is 2.31. The molecule has 2 N–H and O–H groups in total. The van der Waals surface area contributed by atoms with Crippen molar-refractivity contribution in [2.45, 2.75) is 36.9 Å². The summed E-state index contributed by atoms with van der Waals surface area (Å²) in [5.74, 6) is -2.80. The molecule has 10 nitrogen and oxygen atoms in total. The second-order valence-electron chi connectivity index (χ2n) is 9.33. The van der Waals surface area contributed by atoms with Gasteiger partial charge in [-0.05, 0) is 49.2 Å². The van der Waals surface area contributed by atoms with Crippen LogP contribution in [0.3, 0.4) is 0 Å². The van der Waals surface area contributed by atoms with Crippen molar-refractivity contribution in [3.05, 3.63) is 92.7 Å². The van der Waals surface area contributed by atoms with Crippen molar-refractivity contribution in [2.24, 2.45) is 0 Å². The van der Waals surface area contributed by atoms with Crippen LogP contribution >= 0.6 is 34.8 Å². The van der Waals surface area contributed by atoms with Gasteiger partial charge in [0.25, 0.3) is 11.8 Å². The molecule has 1 aliphatic rings. The molecule has 0 spiro atoms. The maximum atomic E-state index is 14.0. The Hall–Kier alpha value is -3.22. The highest BCUT2D eigenvalue weighted by atomic mass is 35.5. The van der Waals surface area contributed by atoms with Gasteiger partial charge in [-0.2, -0.15) is 4.31 Å². The number of rotatable bonds is 8. The molecule has 41 heavy (non-hydrogen) atoms. The fraction of sp³-hybridized carbons (Fsp3) is 0.259. The Morgan fingerprint density at radius 3 is 2.46 bits per heavy atom. The van der Waals surface area contributed by atoms with Gasteiger partial charge in [0.1, 0.15) is 5.15 Å². The number of nitrogens with zero attached hydrogens (tertiary/aromatic N) is 3. The van der Waals surface area contributed by atoms with Crippen LogP contribution in [-0.4, -0.2) is 64.8 Å². The zero-order valence-electron chi connectivity index (χ0n) is 21.6. The number of benzene rings is 2. The van der Waals surface area contributed by atoms with Crippen LogP contribution in [0.2, 0.25) is 15.2 Å². The first-order valence-electron chi connectivity index (χ1n) is 12.4. The van der Waals surface area contributed by atoms with E-state index in [4.69, 9.17) is 34.8 Å². The largest absolute Gasteiger partial charge is 0.481 e. The molecule has 0 aliphatic carbocycles. The van der Waals surface area contributed by atoms with Gasteiger partial charge in [0.05, 0.1) is 33.0 Å². The maximum Gasteiger partial charge on any atom is 0.305 e. The number of nitrogens with one attached hydrogen (secondary N) is 1. The smallest absolute Gasteiger partial charge is 0.305 e. The summed E-state index contributed by atoms with van der Waals surface area (Å²) in [4.78, 5) is 44.2. The van der Waals surface area contributed by atoms with E-state index in [9.17, 15) is 27.9 Å². The van der Waals surface area contributed by atoms with Crippen LogP contribution < -0.4 is 5.32 Å². The van der Waals surface area contributed by atoms with Gasteiger partial charge in [0, 0.05) is 19.3 Å². The Bertz CT molecular complexity index is 1600. The fourth-order valence-corrected chi connectivity index (χ4v) is 6.75. The average molecular weight is 640 g/mol. The van der Waals surface area contributed by atoms with Crippen LogP contribution in [0.25, 0.3) is 0 Å². The minimum Gasteiger partial charge on any atom is -0.481 e. The number of hydrogen-bond acceptors (Lipinski definition) is 6. The van der Waals surface area contributed by atoms with E-state index in [1.807, 2.05) is 13.0 Å². The number of pyridine rings is 1. The first-order valence-corrected chi connectivity index (χ1v) is 14.9. The lowest BCUT2D eigenvalue weighted by Crippen LogP contribution is -2.63. The highest BCUT2D eigenvalue weighted by Gasteiger charge is 2.45. The topological polar surface area (TPSA) is 137 Å². The Labute approximate surface area is 251 Å². The lowest BCUT2D eigenvalue weighted by molar-refractivity contribution is -0.138. The molecule has 1 aromatic heterocycles.